The van der Waals surface area contributed by atoms with Crippen LogP contribution in [0.4, 0.5) is 4.39 Å². The minimum atomic E-state index is -3.74. The van der Waals surface area contributed by atoms with Gasteiger partial charge >= 0.3 is 0 Å². The maximum Gasteiger partial charge on any atom is 0.269 e. The van der Waals surface area contributed by atoms with Crippen molar-refractivity contribution in [3.63, 3.8) is 0 Å². The summed E-state index contributed by atoms with van der Waals surface area (Å²) in [5.41, 5.74) is 1.20. The van der Waals surface area contributed by atoms with Crippen molar-refractivity contribution in [1.82, 2.24) is 8.96 Å². The SMILES string of the molecule is Cc1ccc(S(=O)(=O)n2ccc3c(I)c(F)cnc32)cc1. The first kappa shape index (κ1) is 14.5. The summed E-state index contributed by atoms with van der Waals surface area (Å²) in [6.07, 6.45) is 2.43. The van der Waals surface area contributed by atoms with Crippen molar-refractivity contribution in [2.24, 2.45) is 0 Å². The van der Waals surface area contributed by atoms with Crippen molar-refractivity contribution >= 4 is 43.6 Å². The van der Waals surface area contributed by atoms with Gasteiger partial charge < -0.3 is 0 Å². The molecular weight excluding hydrogens is 406 g/mol. The van der Waals surface area contributed by atoms with Crippen LogP contribution in [0.25, 0.3) is 11.0 Å². The van der Waals surface area contributed by atoms with Crippen LogP contribution in [-0.4, -0.2) is 17.4 Å². The number of rotatable bonds is 2. The fourth-order valence-corrected chi connectivity index (χ4v) is 3.89. The van der Waals surface area contributed by atoms with Crippen LogP contribution in [0.2, 0.25) is 0 Å². The summed E-state index contributed by atoms with van der Waals surface area (Å²) < 4.78 is 40.2. The molecule has 3 aromatic rings. The molecule has 1 aromatic carbocycles. The van der Waals surface area contributed by atoms with E-state index in [1.807, 2.05) is 29.5 Å². The molecule has 0 amide bonds. The number of nitrogens with zero attached hydrogens (tertiary/aromatic N) is 2. The van der Waals surface area contributed by atoms with Gasteiger partial charge in [0.15, 0.2) is 11.5 Å². The lowest BCUT2D eigenvalue weighted by Gasteiger charge is -2.07. The van der Waals surface area contributed by atoms with E-state index in [-0.39, 0.29) is 10.5 Å². The highest BCUT2D eigenvalue weighted by Crippen LogP contribution is 2.25. The Hall–Kier alpha value is -1.48. The van der Waals surface area contributed by atoms with Gasteiger partial charge in [-0.3, -0.25) is 0 Å². The number of aromatic nitrogens is 2. The number of hydrogen-bond acceptors (Lipinski definition) is 3. The Morgan fingerprint density at radius 3 is 2.52 bits per heavy atom. The first-order chi connectivity index (χ1) is 9.91. The predicted octanol–water partition coefficient (Wildman–Crippen LogP) is 3.33. The summed E-state index contributed by atoms with van der Waals surface area (Å²) in [6.45, 7) is 1.88. The van der Waals surface area contributed by atoms with Gasteiger partial charge in [-0.1, -0.05) is 17.7 Å². The molecule has 0 bridgehead atoms. The van der Waals surface area contributed by atoms with Crippen molar-refractivity contribution in [3.05, 3.63) is 57.7 Å². The van der Waals surface area contributed by atoms with E-state index >= 15 is 0 Å². The molecule has 7 heteroatoms. The molecule has 0 spiro atoms. The average Bonchev–Trinajstić information content (AvgIpc) is 2.89. The van der Waals surface area contributed by atoms with Gasteiger partial charge in [0, 0.05) is 11.6 Å². The highest BCUT2D eigenvalue weighted by atomic mass is 127. The van der Waals surface area contributed by atoms with Crippen LogP contribution >= 0.6 is 22.6 Å². The predicted molar refractivity (Wildman–Crippen MR) is 86.2 cm³/mol. The van der Waals surface area contributed by atoms with Crippen molar-refractivity contribution in [1.29, 1.82) is 0 Å². The monoisotopic (exact) mass is 416 g/mol. The molecule has 108 valence electrons. The van der Waals surface area contributed by atoms with Gasteiger partial charge in [0.05, 0.1) is 14.7 Å². The molecule has 0 aliphatic carbocycles. The molecule has 0 N–H and O–H groups in total. The normalized spacial score (nSPS) is 12.0. The Morgan fingerprint density at radius 1 is 1.19 bits per heavy atom. The zero-order chi connectivity index (χ0) is 15.2. The quantitative estimate of drug-likeness (QED) is 0.603. The number of pyridine rings is 1. The third-order valence-electron chi connectivity index (χ3n) is 3.15. The van der Waals surface area contributed by atoms with Crippen LogP contribution in [0.1, 0.15) is 5.56 Å². The van der Waals surface area contributed by atoms with E-state index in [1.54, 1.807) is 30.3 Å². The lowest BCUT2D eigenvalue weighted by atomic mass is 10.2. The Balaban J connectivity index is 2.25. The van der Waals surface area contributed by atoms with E-state index in [2.05, 4.69) is 4.98 Å². The lowest BCUT2D eigenvalue weighted by molar-refractivity contribution is 0.588. The minimum Gasteiger partial charge on any atom is -0.234 e. The molecule has 4 nitrogen and oxygen atoms in total. The molecule has 0 unspecified atom stereocenters. The second-order valence-corrected chi connectivity index (χ2v) is 7.48. The highest BCUT2D eigenvalue weighted by molar-refractivity contribution is 14.1. The van der Waals surface area contributed by atoms with E-state index in [0.717, 1.165) is 15.7 Å². The fourth-order valence-electron chi connectivity index (χ4n) is 2.02. The second-order valence-electron chi connectivity index (χ2n) is 4.59. The molecule has 2 heterocycles. The first-order valence-corrected chi connectivity index (χ1v) is 8.56. The van der Waals surface area contributed by atoms with E-state index < -0.39 is 15.8 Å². The smallest absolute Gasteiger partial charge is 0.234 e. The highest BCUT2D eigenvalue weighted by Gasteiger charge is 2.21. The zero-order valence-electron chi connectivity index (χ0n) is 10.9. The molecule has 0 fully saturated rings. The van der Waals surface area contributed by atoms with E-state index in [1.165, 1.54) is 6.20 Å². The van der Waals surface area contributed by atoms with Gasteiger partial charge in [-0.25, -0.2) is 21.8 Å². The van der Waals surface area contributed by atoms with Crippen LogP contribution in [-0.2, 0) is 10.0 Å². The standard InChI is InChI=1S/C14H10FIN2O2S/c1-9-2-4-10(5-3-9)21(19,20)18-7-6-11-13(16)12(15)8-17-14(11)18/h2-8H,1H3. The van der Waals surface area contributed by atoms with Gasteiger partial charge in [0.2, 0.25) is 0 Å². The topological polar surface area (TPSA) is 52.0 Å². The molecule has 3 rings (SSSR count). The van der Waals surface area contributed by atoms with Crippen molar-refractivity contribution in [3.8, 4) is 0 Å². The molecular formula is C14H10FIN2O2S. The summed E-state index contributed by atoms with van der Waals surface area (Å²) in [4.78, 5) is 4.09. The van der Waals surface area contributed by atoms with Gasteiger partial charge in [-0.15, -0.1) is 0 Å². The van der Waals surface area contributed by atoms with Gasteiger partial charge in [-0.2, -0.15) is 0 Å². The molecule has 21 heavy (non-hydrogen) atoms. The lowest BCUT2D eigenvalue weighted by Crippen LogP contribution is -2.12. The average molecular weight is 416 g/mol. The van der Waals surface area contributed by atoms with Crippen LogP contribution in [0.5, 0.6) is 0 Å². The summed E-state index contributed by atoms with van der Waals surface area (Å²) in [5.74, 6) is -0.464. The zero-order valence-corrected chi connectivity index (χ0v) is 13.9. The number of fused-ring (bicyclic) bond motifs is 1. The van der Waals surface area contributed by atoms with Gasteiger partial charge in [-0.05, 0) is 47.7 Å². The first-order valence-electron chi connectivity index (χ1n) is 6.04. The Kier molecular flexibility index (Phi) is 3.48. The molecule has 0 saturated heterocycles. The number of benzene rings is 1. The number of halogens is 2. The molecule has 0 aliphatic heterocycles. The van der Waals surface area contributed by atoms with Gasteiger partial charge in [0.1, 0.15) is 0 Å². The summed E-state index contributed by atoms with van der Waals surface area (Å²) in [6, 6.07) is 8.11. The number of aryl methyl sites for hydroxylation is 1. The molecule has 0 radical (unpaired) electrons. The van der Waals surface area contributed by atoms with E-state index in [9.17, 15) is 12.8 Å². The molecule has 0 saturated carbocycles. The Morgan fingerprint density at radius 2 is 1.86 bits per heavy atom. The summed E-state index contributed by atoms with van der Waals surface area (Å²) >= 11 is 1.84. The molecule has 2 aromatic heterocycles. The van der Waals surface area contributed by atoms with Crippen molar-refractivity contribution < 1.29 is 12.8 Å². The van der Waals surface area contributed by atoms with Crippen LogP contribution in [0, 0.1) is 16.3 Å². The molecule has 0 atom stereocenters. The minimum absolute atomic E-state index is 0.173. The second kappa shape index (κ2) is 5.06. The number of hydrogen-bond donors (Lipinski definition) is 0. The Labute approximate surface area is 134 Å². The summed E-state index contributed by atoms with van der Waals surface area (Å²) in [7, 11) is -3.74. The third-order valence-corrected chi connectivity index (χ3v) is 5.93. The van der Waals surface area contributed by atoms with Crippen LogP contribution < -0.4 is 0 Å². The third kappa shape index (κ3) is 2.34. The fraction of sp³-hybridized carbons (Fsp3) is 0.0714. The van der Waals surface area contributed by atoms with Crippen LogP contribution in [0.3, 0.4) is 0 Å². The van der Waals surface area contributed by atoms with Gasteiger partial charge in [0.25, 0.3) is 10.0 Å². The molecule has 0 aliphatic rings. The summed E-state index contributed by atoms with van der Waals surface area (Å²) in [5, 5.41) is 0.478. The van der Waals surface area contributed by atoms with Crippen molar-refractivity contribution in [2.45, 2.75) is 11.8 Å². The maximum atomic E-state index is 13.5. The van der Waals surface area contributed by atoms with Crippen molar-refractivity contribution in [2.75, 3.05) is 0 Å². The maximum absolute atomic E-state index is 13.5. The van der Waals surface area contributed by atoms with E-state index in [4.69, 9.17) is 0 Å². The van der Waals surface area contributed by atoms with Crippen LogP contribution in [0.15, 0.2) is 47.6 Å². The Bertz CT molecular complexity index is 934. The van der Waals surface area contributed by atoms with E-state index in [0.29, 0.717) is 8.96 Å². The largest absolute Gasteiger partial charge is 0.269 e.